The van der Waals surface area contributed by atoms with Gasteiger partial charge in [0.15, 0.2) is 0 Å². The Morgan fingerprint density at radius 1 is 1.48 bits per heavy atom. The number of nitrogens with zero attached hydrogens (tertiary/aromatic N) is 1. The topological polar surface area (TPSA) is 49.8 Å². The zero-order valence-corrected chi connectivity index (χ0v) is 12.7. The lowest BCUT2D eigenvalue weighted by Crippen LogP contribution is -2.41. The molecule has 0 aliphatic carbocycles. The van der Waals surface area contributed by atoms with E-state index in [9.17, 15) is 9.90 Å². The number of benzene rings is 1. The minimum atomic E-state index is -0.601. The molecule has 21 heavy (non-hydrogen) atoms. The van der Waals surface area contributed by atoms with Gasteiger partial charge in [0.2, 0.25) is 0 Å². The summed E-state index contributed by atoms with van der Waals surface area (Å²) in [5.74, 6) is -0.0635. The van der Waals surface area contributed by atoms with E-state index in [0.29, 0.717) is 13.2 Å². The molecule has 4 nitrogen and oxygen atoms in total. The Bertz CT molecular complexity index is 500. The molecule has 0 aromatic heterocycles. The fraction of sp³-hybridized carbons (Fsp3) is 0.471. The molecule has 1 N–H and O–H groups in total. The second-order valence-corrected chi connectivity index (χ2v) is 5.84. The lowest BCUT2D eigenvalue weighted by molar-refractivity contribution is 0.113. The highest BCUT2D eigenvalue weighted by Crippen LogP contribution is 2.21. The summed E-state index contributed by atoms with van der Waals surface area (Å²) in [5, 5.41) is 10.0. The van der Waals surface area contributed by atoms with Gasteiger partial charge in [0.1, 0.15) is 6.61 Å². The van der Waals surface area contributed by atoms with Crippen molar-refractivity contribution in [1.82, 2.24) is 4.90 Å². The molecule has 1 aliphatic heterocycles. The summed E-state index contributed by atoms with van der Waals surface area (Å²) in [6.07, 6.45) is -0.130. The standard InChI is InChI=1S/C17H23NO3/c1-12(2)16(19)13(3)10-18-15(11-21-17(18)20)9-14-7-5-4-6-8-14/h4-8,13,15-16,19H,1,9-11H2,2-3H3/t13-,15-,16+/m1/s1. The number of hydrogen-bond donors (Lipinski definition) is 1. The molecule has 1 heterocycles. The lowest BCUT2D eigenvalue weighted by Gasteiger charge is -2.27. The van der Waals surface area contributed by atoms with Crippen LogP contribution in [0.15, 0.2) is 42.5 Å². The van der Waals surface area contributed by atoms with Crippen LogP contribution in [0.1, 0.15) is 19.4 Å². The van der Waals surface area contributed by atoms with Gasteiger partial charge in [0.25, 0.3) is 0 Å². The van der Waals surface area contributed by atoms with Crippen LogP contribution in [0.2, 0.25) is 0 Å². The van der Waals surface area contributed by atoms with E-state index >= 15 is 0 Å². The van der Waals surface area contributed by atoms with Crippen molar-refractivity contribution in [2.24, 2.45) is 5.92 Å². The first kappa shape index (κ1) is 15.6. The molecule has 0 saturated carbocycles. The average molecular weight is 289 g/mol. The summed E-state index contributed by atoms with van der Waals surface area (Å²) in [5.41, 5.74) is 1.90. The number of aliphatic hydroxyl groups excluding tert-OH is 1. The molecular weight excluding hydrogens is 266 g/mol. The molecule has 1 fully saturated rings. The molecule has 114 valence electrons. The SMILES string of the molecule is C=C(C)[C@H](O)[C@H](C)CN1C(=O)OC[C@H]1Cc1ccccc1. The monoisotopic (exact) mass is 289 g/mol. The molecule has 3 atom stereocenters. The average Bonchev–Trinajstić information content (AvgIpc) is 2.80. The lowest BCUT2D eigenvalue weighted by atomic mass is 9.97. The first-order valence-corrected chi connectivity index (χ1v) is 7.30. The molecule has 1 saturated heterocycles. The smallest absolute Gasteiger partial charge is 0.410 e. The fourth-order valence-corrected chi connectivity index (χ4v) is 2.66. The van der Waals surface area contributed by atoms with Crippen molar-refractivity contribution in [2.45, 2.75) is 32.4 Å². The fourth-order valence-electron chi connectivity index (χ4n) is 2.66. The van der Waals surface area contributed by atoms with Crippen molar-refractivity contribution in [3.63, 3.8) is 0 Å². The molecule has 0 bridgehead atoms. The maximum Gasteiger partial charge on any atom is 0.410 e. The minimum Gasteiger partial charge on any atom is -0.447 e. The summed E-state index contributed by atoms with van der Waals surface area (Å²) < 4.78 is 5.17. The number of cyclic esters (lactones) is 1. The molecule has 1 aromatic rings. The van der Waals surface area contributed by atoms with Gasteiger partial charge in [-0.15, -0.1) is 0 Å². The van der Waals surface area contributed by atoms with Gasteiger partial charge >= 0.3 is 6.09 Å². The van der Waals surface area contributed by atoms with Crippen LogP contribution < -0.4 is 0 Å². The number of carbonyl (C=O) groups excluding carboxylic acids is 1. The molecule has 1 amide bonds. The molecule has 0 radical (unpaired) electrons. The van der Waals surface area contributed by atoms with E-state index in [0.717, 1.165) is 12.0 Å². The van der Waals surface area contributed by atoms with E-state index < -0.39 is 6.10 Å². The van der Waals surface area contributed by atoms with Gasteiger partial charge in [-0.2, -0.15) is 0 Å². The van der Waals surface area contributed by atoms with Gasteiger partial charge in [0.05, 0.1) is 12.1 Å². The van der Waals surface area contributed by atoms with Gasteiger partial charge in [-0.3, -0.25) is 0 Å². The Morgan fingerprint density at radius 2 is 2.14 bits per heavy atom. The normalized spacial score (nSPS) is 21.0. The van der Waals surface area contributed by atoms with Crippen LogP contribution >= 0.6 is 0 Å². The molecule has 2 rings (SSSR count). The summed E-state index contributed by atoms with van der Waals surface area (Å²) >= 11 is 0. The van der Waals surface area contributed by atoms with E-state index in [4.69, 9.17) is 4.74 Å². The van der Waals surface area contributed by atoms with Crippen molar-refractivity contribution < 1.29 is 14.6 Å². The van der Waals surface area contributed by atoms with Crippen LogP contribution in [-0.2, 0) is 11.2 Å². The molecule has 4 heteroatoms. The maximum absolute atomic E-state index is 11.9. The second kappa shape index (κ2) is 6.76. The van der Waals surface area contributed by atoms with Crippen LogP contribution in [0.4, 0.5) is 4.79 Å². The largest absolute Gasteiger partial charge is 0.447 e. The first-order valence-electron chi connectivity index (χ1n) is 7.30. The third kappa shape index (κ3) is 3.85. The Morgan fingerprint density at radius 3 is 2.76 bits per heavy atom. The van der Waals surface area contributed by atoms with E-state index in [1.807, 2.05) is 37.3 Å². The van der Waals surface area contributed by atoms with Gasteiger partial charge in [-0.05, 0) is 18.9 Å². The first-order chi connectivity index (χ1) is 9.99. The van der Waals surface area contributed by atoms with E-state index in [-0.39, 0.29) is 18.1 Å². The summed E-state index contributed by atoms with van der Waals surface area (Å²) in [7, 11) is 0. The maximum atomic E-state index is 11.9. The van der Waals surface area contributed by atoms with Crippen LogP contribution in [0.25, 0.3) is 0 Å². The number of carbonyl (C=O) groups is 1. The zero-order valence-electron chi connectivity index (χ0n) is 12.7. The molecule has 0 spiro atoms. The van der Waals surface area contributed by atoms with Crippen LogP contribution in [0, 0.1) is 5.92 Å². The number of aliphatic hydroxyl groups is 1. The third-order valence-electron chi connectivity index (χ3n) is 3.92. The number of hydrogen-bond acceptors (Lipinski definition) is 3. The van der Waals surface area contributed by atoms with E-state index in [1.54, 1.807) is 11.8 Å². The second-order valence-electron chi connectivity index (χ2n) is 5.84. The Hall–Kier alpha value is -1.81. The van der Waals surface area contributed by atoms with Gasteiger partial charge in [0, 0.05) is 12.5 Å². The predicted octanol–water partition coefficient (Wildman–Crippen LogP) is 2.62. The van der Waals surface area contributed by atoms with Crippen LogP contribution in [0.5, 0.6) is 0 Å². The van der Waals surface area contributed by atoms with Gasteiger partial charge in [-0.1, -0.05) is 49.4 Å². The molecule has 0 unspecified atom stereocenters. The molecular formula is C17H23NO3. The zero-order chi connectivity index (χ0) is 15.4. The van der Waals surface area contributed by atoms with Gasteiger partial charge < -0.3 is 14.7 Å². The van der Waals surface area contributed by atoms with Crippen LogP contribution in [0.3, 0.4) is 0 Å². The summed E-state index contributed by atoms with van der Waals surface area (Å²) in [6.45, 7) is 8.37. The van der Waals surface area contributed by atoms with Crippen molar-refractivity contribution in [3.05, 3.63) is 48.0 Å². The highest BCUT2D eigenvalue weighted by molar-refractivity contribution is 5.70. The van der Waals surface area contributed by atoms with E-state index in [2.05, 4.69) is 6.58 Å². The summed E-state index contributed by atoms with van der Waals surface area (Å²) in [4.78, 5) is 13.6. The third-order valence-corrected chi connectivity index (χ3v) is 3.92. The Balaban J connectivity index is 2.02. The minimum absolute atomic E-state index is 0.0275. The number of ether oxygens (including phenoxy) is 1. The van der Waals surface area contributed by atoms with Gasteiger partial charge in [-0.25, -0.2) is 4.79 Å². The van der Waals surface area contributed by atoms with Crippen molar-refractivity contribution in [3.8, 4) is 0 Å². The molecule has 1 aromatic carbocycles. The number of amides is 1. The highest BCUT2D eigenvalue weighted by Gasteiger charge is 2.34. The Labute approximate surface area is 126 Å². The molecule has 1 aliphatic rings. The number of rotatable bonds is 6. The highest BCUT2D eigenvalue weighted by atomic mass is 16.6. The van der Waals surface area contributed by atoms with Crippen LogP contribution in [-0.4, -0.2) is 41.4 Å². The summed E-state index contributed by atoms with van der Waals surface area (Å²) in [6, 6.07) is 10.1. The quantitative estimate of drug-likeness (QED) is 0.819. The Kier molecular flexibility index (Phi) is 5.02. The predicted molar refractivity (Wildman–Crippen MR) is 82.0 cm³/mol. The van der Waals surface area contributed by atoms with Crippen molar-refractivity contribution in [2.75, 3.05) is 13.2 Å². The van der Waals surface area contributed by atoms with Crippen molar-refractivity contribution in [1.29, 1.82) is 0 Å². The van der Waals surface area contributed by atoms with Crippen molar-refractivity contribution >= 4 is 6.09 Å². The van der Waals surface area contributed by atoms with E-state index in [1.165, 1.54) is 5.56 Å².